The van der Waals surface area contributed by atoms with Gasteiger partial charge < -0.3 is 4.74 Å². The molecule has 0 aliphatic carbocycles. The smallest absolute Gasteiger partial charge is 0.153 e. The monoisotopic (exact) mass is 326 g/mol. The van der Waals surface area contributed by atoms with Gasteiger partial charge in [0.25, 0.3) is 0 Å². The van der Waals surface area contributed by atoms with Crippen molar-refractivity contribution in [2.45, 2.75) is 38.9 Å². The van der Waals surface area contributed by atoms with E-state index >= 15 is 0 Å². The molecule has 1 fully saturated rings. The summed E-state index contributed by atoms with van der Waals surface area (Å²) in [6.07, 6.45) is 1.31. The highest BCUT2D eigenvalue weighted by Crippen LogP contribution is 2.30. The van der Waals surface area contributed by atoms with E-state index in [0.29, 0.717) is 26.1 Å². The maximum Gasteiger partial charge on any atom is 0.153 e. The second-order valence-corrected chi connectivity index (χ2v) is 8.83. The fourth-order valence-corrected chi connectivity index (χ4v) is 5.84. The molecule has 3 nitrogen and oxygen atoms in total. The van der Waals surface area contributed by atoms with Gasteiger partial charge in [-0.1, -0.05) is 36.7 Å². The molecule has 0 radical (unpaired) electrons. The van der Waals surface area contributed by atoms with Gasteiger partial charge in [-0.05, 0) is 24.2 Å². The van der Waals surface area contributed by atoms with Gasteiger partial charge >= 0.3 is 0 Å². The summed E-state index contributed by atoms with van der Waals surface area (Å²) in [5, 5.41) is 0.541. The van der Waals surface area contributed by atoms with Crippen molar-refractivity contribution in [3.63, 3.8) is 0 Å². The Bertz CT molecular complexity index is 326. The highest BCUT2D eigenvalue weighted by atomic mass is 79.9. The SMILES string of the molecule is CC(C)(C)C(CBr)CS(=O)(=O)C1CCOCC1. The van der Waals surface area contributed by atoms with Crippen LogP contribution >= 0.6 is 15.9 Å². The molecule has 1 saturated heterocycles. The van der Waals surface area contributed by atoms with Crippen LogP contribution in [0.25, 0.3) is 0 Å². The number of hydrogen-bond acceptors (Lipinski definition) is 3. The minimum Gasteiger partial charge on any atom is -0.381 e. The van der Waals surface area contributed by atoms with Crippen molar-refractivity contribution in [2.24, 2.45) is 11.3 Å². The number of ether oxygens (including phenoxy) is 1. The third-order valence-electron chi connectivity index (χ3n) is 3.52. The van der Waals surface area contributed by atoms with E-state index in [0.717, 1.165) is 5.33 Å². The second kappa shape index (κ2) is 6.02. The molecule has 1 aliphatic rings. The maximum atomic E-state index is 12.3. The Hall–Kier alpha value is 0.390. The van der Waals surface area contributed by atoms with Crippen LogP contribution < -0.4 is 0 Å². The summed E-state index contributed by atoms with van der Waals surface area (Å²) in [4.78, 5) is 0. The van der Waals surface area contributed by atoms with E-state index in [-0.39, 0.29) is 22.3 Å². The molecule has 5 heteroatoms. The average molecular weight is 327 g/mol. The quantitative estimate of drug-likeness (QED) is 0.746. The Morgan fingerprint density at radius 1 is 1.29 bits per heavy atom. The molecule has 1 rings (SSSR count). The molecule has 0 aromatic rings. The summed E-state index contributed by atoms with van der Waals surface area (Å²) in [5.41, 5.74) is 0.0156. The molecule has 1 heterocycles. The van der Waals surface area contributed by atoms with E-state index in [1.165, 1.54) is 0 Å². The zero-order valence-corrected chi connectivity index (χ0v) is 13.3. The topological polar surface area (TPSA) is 43.4 Å². The minimum absolute atomic E-state index is 0.0156. The lowest BCUT2D eigenvalue weighted by Gasteiger charge is -2.31. The van der Waals surface area contributed by atoms with Gasteiger partial charge in [0.05, 0.1) is 11.0 Å². The molecule has 0 bridgehead atoms. The Kier molecular flexibility index (Phi) is 5.47. The first-order valence-electron chi connectivity index (χ1n) is 6.12. The predicted octanol–water partition coefficient (Wildman–Crippen LogP) is 2.64. The zero-order valence-electron chi connectivity index (χ0n) is 10.9. The fourth-order valence-electron chi connectivity index (χ4n) is 1.98. The molecule has 0 aromatic carbocycles. The van der Waals surface area contributed by atoms with Crippen LogP contribution in [-0.2, 0) is 14.6 Å². The highest BCUT2D eigenvalue weighted by Gasteiger charge is 2.34. The number of hydrogen-bond donors (Lipinski definition) is 0. The Balaban J connectivity index is 2.70. The van der Waals surface area contributed by atoms with Gasteiger partial charge in [0, 0.05) is 18.5 Å². The molecule has 0 saturated carbocycles. The summed E-state index contributed by atoms with van der Waals surface area (Å²) < 4.78 is 29.9. The molecule has 1 aliphatic heterocycles. The number of sulfone groups is 1. The van der Waals surface area contributed by atoms with Gasteiger partial charge in [0.15, 0.2) is 9.84 Å². The van der Waals surface area contributed by atoms with E-state index in [1.807, 2.05) is 0 Å². The van der Waals surface area contributed by atoms with E-state index in [4.69, 9.17) is 4.74 Å². The van der Waals surface area contributed by atoms with Crippen molar-refractivity contribution in [3.05, 3.63) is 0 Å². The van der Waals surface area contributed by atoms with Crippen LogP contribution in [-0.4, -0.2) is 38.0 Å². The minimum atomic E-state index is -2.99. The molecule has 1 atom stereocenters. The first-order chi connectivity index (χ1) is 7.77. The summed E-state index contributed by atoms with van der Waals surface area (Å²) >= 11 is 3.44. The fraction of sp³-hybridized carbons (Fsp3) is 1.00. The second-order valence-electron chi connectivity index (χ2n) is 5.86. The van der Waals surface area contributed by atoms with E-state index in [2.05, 4.69) is 36.7 Å². The zero-order chi connectivity index (χ0) is 13.1. The Morgan fingerprint density at radius 3 is 2.24 bits per heavy atom. The third kappa shape index (κ3) is 4.52. The Morgan fingerprint density at radius 2 is 1.82 bits per heavy atom. The summed E-state index contributed by atoms with van der Waals surface area (Å²) in [7, 11) is -2.99. The van der Waals surface area contributed by atoms with E-state index in [9.17, 15) is 8.42 Å². The van der Waals surface area contributed by atoms with Crippen molar-refractivity contribution in [3.8, 4) is 0 Å². The van der Waals surface area contributed by atoms with Gasteiger partial charge in [-0.2, -0.15) is 0 Å². The first kappa shape index (κ1) is 15.4. The lowest BCUT2D eigenvalue weighted by Crippen LogP contribution is -2.36. The van der Waals surface area contributed by atoms with Gasteiger partial charge in [-0.15, -0.1) is 0 Å². The number of rotatable bonds is 4. The molecule has 0 N–H and O–H groups in total. The average Bonchev–Trinajstić information content (AvgIpc) is 2.25. The lowest BCUT2D eigenvalue weighted by molar-refractivity contribution is 0.0982. The van der Waals surface area contributed by atoms with Crippen LogP contribution in [0.3, 0.4) is 0 Å². The summed E-state index contributed by atoms with van der Waals surface area (Å²) in [6, 6.07) is 0. The molecule has 0 amide bonds. The highest BCUT2D eigenvalue weighted by molar-refractivity contribution is 9.09. The molecule has 17 heavy (non-hydrogen) atoms. The summed E-state index contributed by atoms with van der Waals surface area (Å²) in [5.74, 6) is 0.446. The first-order valence-corrected chi connectivity index (χ1v) is 8.96. The molecule has 102 valence electrons. The van der Waals surface area contributed by atoms with Crippen LogP contribution in [0.1, 0.15) is 33.6 Å². The van der Waals surface area contributed by atoms with Crippen molar-refractivity contribution >= 4 is 25.8 Å². The van der Waals surface area contributed by atoms with Crippen molar-refractivity contribution < 1.29 is 13.2 Å². The van der Waals surface area contributed by atoms with E-state index in [1.54, 1.807) is 0 Å². The molecular weight excluding hydrogens is 304 g/mol. The van der Waals surface area contributed by atoms with Crippen LogP contribution in [0.15, 0.2) is 0 Å². The van der Waals surface area contributed by atoms with Crippen LogP contribution in [0.4, 0.5) is 0 Å². The predicted molar refractivity (Wildman–Crippen MR) is 74.4 cm³/mol. The summed E-state index contributed by atoms with van der Waals surface area (Å²) in [6.45, 7) is 7.45. The lowest BCUT2D eigenvalue weighted by atomic mass is 9.83. The van der Waals surface area contributed by atoms with Crippen LogP contribution in [0.2, 0.25) is 0 Å². The largest absolute Gasteiger partial charge is 0.381 e. The van der Waals surface area contributed by atoms with Gasteiger partial charge in [0.2, 0.25) is 0 Å². The normalized spacial score (nSPS) is 21.4. The van der Waals surface area contributed by atoms with Crippen molar-refractivity contribution in [1.82, 2.24) is 0 Å². The van der Waals surface area contributed by atoms with Gasteiger partial charge in [-0.25, -0.2) is 8.42 Å². The van der Waals surface area contributed by atoms with Gasteiger partial charge in [0.1, 0.15) is 0 Å². The molecular formula is C12H23BrO3S. The van der Waals surface area contributed by atoms with Crippen LogP contribution in [0, 0.1) is 11.3 Å². The number of alkyl halides is 1. The molecule has 0 aromatic heterocycles. The standard InChI is InChI=1S/C12H23BrO3S/c1-12(2,3)10(8-13)9-17(14,15)11-4-6-16-7-5-11/h10-11H,4-9H2,1-3H3. The number of halogens is 1. The van der Waals surface area contributed by atoms with Crippen molar-refractivity contribution in [2.75, 3.05) is 24.3 Å². The molecule has 1 unspecified atom stereocenters. The third-order valence-corrected chi connectivity index (χ3v) is 6.66. The Labute approximate surface area is 113 Å². The maximum absolute atomic E-state index is 12.3. The van der Waals surface area contributed by atoms with Crippen LogP contribution in [0.5, 0.6) is 0 Å². The van der Waals surface area contributed by atoms with Gasteiger partial charge in [-0.3, -0.25) is 0 Å². The van der Waals surface area contributed by atoms with E-state index < -0.39 is 9.84 Å². The molecule has 0 spiro atoms. The van der Waals surface area contributed by atoms with Crippen molar-refractivity contribution in [1.29, 1.82) is 0 Å².